The molecule has 4 nitrogen and oxygen atoms in total. The van der Waals surface area contributed by atoms with E-state index < -0.39 is 0 Å². The zero-order valence-corrected chi connectivity index (χ0v) is 11.1. The van der Waals surface area contributed by atoms with Crippen LogP contribution in [0.3, 0.4) is 0 Å². The van der Waals surface area contributed by atoms with Crippen LogP contribution < -0.4 is 4.74 Å². The summed E-state index contributed by atoms with van der Waals surface area (Å²) < 4.78 is 14.1. The van der Waals surface area contributed by atoms with Gasteiger partial charge < -0.3 is 9.47 Å². The zero-order chi connectivity index (χ0) is 11.8. The molecular formula is C12H13BrN2O2. The Morgan fingerprint density at radius 3 is 3.18 bits per heavy atom. The van der Waals surface area contributed by atoms with Gasteiger partial charge in [-0.05, 0) is 12.1 Å². The lowest BCUT2D eigenvalue weighted by Gasteiger charge is -2.12. The SMILES string of the molecule is Cn1cc2c(Br)ccc(O[C@H]3CCOC3)c2n1. The molecule has 0 spiro atoms. The Morgan fingerprint density at radius 2 is 2.41 bits per heavy atom. The summed E-state index contributed by atoms with van der Waals surface area (Å²) >= 11 is 3.52. The van der Waals surface area contributed by atoms with Crippen LogP contribution in [0.15, 0.2) is 22.8 Å². The van der Waals surface area contributed by atoms with Crippen molar-refractivity contribution in [2.75, 3.05) is 13.2 Å². The van der Waals surface area contributed by atoms with Crippen molar-refractivity contribution in [3.05, 3.63) is 22.8 Å². The number of rotatable bonds is 2. The van der Waals surface area contributed by atoms with Crippen LogP contribution in [0.1, 0.15) is 6.42 Å². The Bertz CT molecular complexity index is 547. The summed E-state index contributed by atoms with van der Waals surface area (Å²) in [7, 11) is 1.91. The van der Waals surface area contributed by atoms with E-state index in [0.29, 0.717) is 6.61 Å². The van der Waals surface area contributed by atoms with Crippen LogP contribution in [-0.4, -0.2) is 29.1 Å². The van der Waals surface area contributed by atoms with Gasteiger partial charge in [-0.2, -0.15) is 5.10 Å². The molecule has 1 fully saturated rings. The molecule has 0 radical (unpaired) electrons. The van der Waals surface area contributed by atoms with Crippen molar-refractivity contribution < 1.29 is 9.47 Å². The molecule has 1 aromatic carbocycles. The number of hydrogen-bond donors (Lipinski definition) is 0. The van der Waals surface area contributed by atoms with Gasteiger partial charge in [0, 0.05) is 29.5 Å². The number of halogens is 1. The fourth-order valence-electron chi connectivity index (χ4n) is 2.04. The van der Waals surface area contributed by atoms with Crippen molar-refractivity contribution in [3.63, 3.8) is 0 Å². The first-order chi connectivity index (χ1) is 8.24. The number of aryl methyl sites for hydroxylation is 1. The van der Waals surface area contributed by atoms with Crippen molar-refractivity contribution in [1.82, 2.24) is 9.78 Å². The van der Waals surface area contributed by atoms with Crippen molar-refractivity contribution in [3.8, 4) is 5.75 Å². The summed E-state index contributed by atoms with van der Waals surface area (Å²) in [5, 5.41) is 5.51. The lowest BCUT2D eigenvalue weighted by Crippen LogP contribution is -2.15. The van der Waals surface area contributed by atoms with Crippen LogP contribution in [0.5, 0.6) is 5.75 Å². The minimum atomic E-state index is 0.154. The highest BCUT2D eigenvalue weighted by Gasteiger charge is 2.19. The summed E-state index contributed by atoms with van der Waals surface area (Å²) in [6, 6.07) is 3.95. The van der Waals surface area contributed by atoms with Crippen molar-refractivity contribution >= 4 is 26.8 Å². The van der Waals surface area contributed by atoms with Crippen molar-refractivity contribution in [2.45, 2.75) is 12.5 Å². The Hall–Kier alpha value is -1.07. The van der Waals surface area contributed by atoms with Gasteiger partial charge in [0.25, 0.3) is 0 Å². The van der Waals surface area contributed by atoms with Gasteiger partial charge in [0.2, 0.25) is 0 Å². The zero-order valence-electron chi connectivity index (χ0n) is 9.52. The molecular weight excluding hydrogens is 284 g/mol. The van der Waals surface area contributed by atoms with E-state index in [0.717, 1.165) is 34.2 Å². The minimum Gasteiger partial charge on any atom is -0.486 e. The van der Waals surface area contributed by atoms with E-state index in [1.807, 2.05) is 25.4 Å². The summed E-state index contributed by atoms with van der Waals surface area (Å²) in [5.41, 5.74) is 0.897. The molecule has 1 aliphatic rings. The highest BCUT2D eigenvalue weighted by Crippen LogP contribution is 2.31. The maximum absolute atomic E-state index is 5.94. The van der Waals surface area contributed by atoms with E-state index in [1.165, 1.54) is 0 Å². The predicted octanol–water partition coefficient (Wildman–Crippen LogP) is 2.50. The van der Waals surface area contributed by atoms with Gasteiger partial charge >= 0.3 is 0 Å². The normalized spacial score (nSPS) is 20.0. The van der Waals surface area contributed by atoms with E-state index in [2.05, 4.69) is 21.0 Å². The topological polar surface area (TPSA) is 36.3 Å². The molecule has 1 saturated heterocycles. The standard InChI is InChI=1S/C12H13BrN2O2/c1-15-6-9-10(13)2-3-11(12(9)14-15)17-8-4-5-16-7-8/h2-3,6,8H,4-5,7H2,1H3/t8-/m0/s1. The van der Waals surface area contributed by atoms with E-state index in [-0.39, 0.29) is 6.10 Å². The molecule has 2 aromatic rings. The lowest BCUT2D eigenvalue weighted by atomic mass is 10.2. The Morgan fingerprint density at radius 1 is 1.53 bits per heavy atom. The molecule has 0 bridgehead atoms. The van der Waals surface area contributed by atoms with Gasteiger partial charge in [-0.3, -0.25) is 4.68 Å². The van der Waals surface area contributed by atoms with Crippen LogP contribution >= 0.6 is 15.9 Å². The molecule has 5 heteroatoms. The van der Waals surface area contributed by atoms with Gasteiger partial charge in [0.1, 0.15) is 17.4 Å². The van der Waals surface area contributed by atoms with Gasteiger partial charge in [-0.15, -0.1) is 0 Å². The average molecular weight is 297 g/mol. The maximum atomic E-state index is 5.94. The number of nitrogens with zero attached hydrogens (tertiary/aromatic N) is 2. The molecule has 0 unspecified atom stereocenters. The van der Waals surface area contributed by atoms with Crippen LogP contribution in [-0.2, 0) is 11.8 Å². The summed E-state index contributed by atoms with van der Waals surface area (Å²) in [4.78, 5) is 0. The smallest absolute Gasteiger partial charge is 0.148 e. The maximum Gasteiger partial charge on any atom is 0.148 e. The fraction of sp³-hybridized carbons (Fsp3) is 0.417. The molecule has 0 amide bonds. The molecule has 1 atom stereocenters. The third-order valence-electron chi connectivity index (χ3n) is 2.88. The largest absolute Gasteiger partial charge is 0.486 e. The monoisotopic (exact) mass is 296 g/mol. The molecule has 1 aliphatic heterocycles. The molecule has 2 heterocycles. The lowest BCUT2D eigenvalue weighted by molar-refractivity contribution is 0.142. The first-order valence-electron chi connectivity index (χ1n) is 5.60. The number of aromatic nitrogens is 2. The highest BCUT2D eigenvalue weighted by molar-refractivity contribution is 9.10. The average Bonchev–Trinajstić information content (AvgIpc) is 2.91. The summed E-state index contributed by atoms with van der Waals surface area (Å²) in [5.74, 6) is 0.833. The fourth-order valence-corrected chi connectivity index (χ4v) is 2.47. The second-order valence-electron chi connectivity index (χ2n) is 4.21. The number of ether oxygens (including phenoxy) is 2. The van der Waals surface area contributed by atoms with E-state index in [9.17, 15) is 0 Å². The molecule has 1 aromatic heterocycles. The van der Waals surface area contributed by atoms with Crippen molar-refractivity contribution in [1.29, 1.82) is 0 Å². The van der Waals surface area contributed by atoms with Gasteiger partial charge in [-0.25, -0.2) is 0 Å². The third-order valence-corrected chi connectivity index (χ3v) is 3.57. The van der Waals surface area contributed by atoms with Gasteiger partial charge in [0.15, 0.2) is 0 Å². The molecule has 90 valence electrons. The van der Waals surface area contributed by atoms with E-state index in [1.54, 1.807) is 4.68 Å². The molecule has 0 saturated carbocycles. The summed E-state index contributed by atoms with van der Waals surface area (Å²) in [6.07, 6.45) is 3.09. The Labute approximate surface area is 108 Å². The van der Waals surface area contributed by atoms with E-state index >= 15 is 0 Å². The third kappa shape index (κ3) is 2.05. The molecule has 0 N–H and O–H groups in total. The Kier molecular flexibility index (Phi) is 2.80. The Balaban J connectivity index is 2.00. The first kappa shape index (κ1) is 11.0. The van der Waals surface area contributed by atoms with Gasteiger partial charge in [0.05, 0.1) is 13.2 Å². The summed E-state index contributed by atoms with van der Waals surface area (Å²) in [6.45, 7) is 1.46. The van der Waals surface area contributed by atoms with Crippen LogP contribution in [0.25, 0.3) is 10.9 Å². The number of fused-ring (bicyclic) bond motifs is 1. The highest BCUT2D eigenvalue weighted by atomic mass is 79.9. The second kappa shape index (κ2) is 4.31. The number of hydrogen-bond acceptors (Lipinski definition) is 3. The van der Waals surface area contributed by atoms with Crippen molar-refractivity contribution in [2.24, 2.45) is 7.05 Å². The van der Waals surface area contributed by atoms with E-state index in [4.69, 9.17) is 9.47 Å². The van der Waals surface area contributed by atoms with Crippen LogP contribution in [0, 0.1) is 0 Å². The second-order valence-corrected chi connectivity index (χ2v) is 5.07. The van der Waals surface area contributed by atoms with Crippen LogP contribution in [0.4, 0.5) is 0 Å². The first-order valence-corrected chi connectivity index (χ1v) is 6.39. The molecule has 0 aliphatic carbocycles. The number of benzene rings is 1. The molecule has 17 heavy (non-hydrogen) atoms. The van der Waals surface area contributed by atoms with Gasteiger partial charge in [-0.1, -0.05) is 15.9 Å². The van der Waals surface area contributed by atoms with Crippen LogP contribution in [0.2, 0.25) is 0 Å². The molecule has 3 rings (SSSR count). The predicted molar refractivity (Wildman–Crippen MR) is 68.3 cm³/mol. The minimum absolute atomic E-state index is 0.154. The quantitative estimate of drug-likeness (QED) is 0.854.